The molecule has 41 heavy (non-hydrogen) atoms. The molecule has 3 aliphatic rings. The molecule has 1 atom stereocenters. The molecule has 2 aliphatic heterocycles. The number of carbonyl (C=O) groups is 1. The van der Waals surface area contributed by atoms with E-state index >= 15 is 0 Å². The van der Waals surface area contributed by atoms with Crippen molar-refractivity contribution in [2.45, 2.75) is 57.2 Å². The number of hydrogen-bond donors (Lipinski definition) is 1. The molecule has 10 heteroatoms. The van der Waals surface area contributed by atoms with Crippen LogP contribution in [-0.4, -0.2) is 80.8 Å². The van der Waals surface area contributed by atoms with E-state index in [2.05, 4.69) is 15.1 Å². The van der Waals surface area contributed by atoms with Crippen molar-refractivity contribution in [3.05, 3.63) is 42.2 Å². The summed E-state index contributed by atoms with van der Waals surface area (Å²) in [5, 5.41) is 3.68. The van der Waals surface area contributed by atoms with Crippen LogP contribution < -0.4 is 19.5 Å². The topological polar surface area (TPSA) is 76.4 Å². The Labute approximate surface area is 238 Å². The number of rotatable bonds is 12. The molecule has 1 aliphatic carbocycles. The van der Waals surface area contributed by atoms with Crippen molar-refractivity contribution < 1.29 is 32.2 Å². The van der Waals surface area contributed by atoms with Gasteiger partial charge in [0.05, 0.1) is 6.26 Å². The highest BCUT2D eigenvalue weighted by atomic mass is 19.3. The average Bonchev–Trinajstić information content (AvgIpc) is 3.29. The van der Waals surface area contributed by atoms with Crippen LogP contribution in [0, 0.1) is 0 Å². The smallest absolute Gasteiger partial charge is 0.387 e. The number of fused-ring (bicyclic) bond motifs is 1. The Balaban J connectivity index is 1.30. The molecule has 1 saturated carbocycles. The first-order valence-electron chi connectivity index (χ1n) is 14.6. The molecule has 1 aromatic heterocycles. The molecule has 3 heterocycles. The minimum Gasteiger partial charge on any atom is -0.492 e. The number of nitrogens with one attached hydrogen (secondary N) is 1. The van der Waals surface area contributed by atoms with Crippen molar-refractivity contribution in [2.75, 3.05) is 46.4 Å². The highest BCUT2D eigenvalue weighted by Gasteiger charge is 2.30. The molecule has 6 rings (SSSR count). The minimum absolute atomic E-state index is 0.0110. The first-order valence-corrected chi connectivity index (χ1v) is 14.6. The molecule has 0 radical (unpaired) electrons. The van der Waals surface area contributed by atoms with Gasteiger partial charge in [-0.3, -0.25) is 9.69 Å². The molecule has 3 fully saturated rings. The fourth-order valence-corrected chi connectivity index (χ4v) is 5.75. The second-order valence-electron chi connectivity index (χ2n) is 11.3. The highest BCUT2D eigenvalue weighted by molar-refractivity contribution is 6.02. The number of halogens is 2. The van der Waals surface area contributed by atoms with E-state index in [9.17, 15) is 13.6 Å². The van der Waals surface area contributed by atoms with Gasteiger partial charge in [0, 0.05) is 35.6 Å². The van der Waals surface area contributed by atoms with Gasteiger partial charge in [0.2, 0.25) is 0 Å². The molecule has 0 bridgehead atoms. The highest BCUT2D eigenvalue weighted by Crippen LogP contribution is 2.40. The lowest BCUT2D eigenvalue weighted by atomic mass is 10.0. The second kappa shape index (κ2) is 12.2. The zero-order valence-electron chi connectivity index (χ0n) is 23.4. The lowest BCUT2D eigenvalue weighted by molar-refractivity contribution is -0.0502. The van der Waals surface area contributed by atoms with Gasteiger partial charge in [0.1, 0.15) is 41.6 Å². The Hall–Kier alpha value is -3.37. The fourth-order valence-electron chi connectivity index (χ4n) is 5.75. The van der Waals surface area contributed by atoms with Crippen LogP contribution in [0.2, 0.25) is 0 Å². The van der Waals surface area contributed by atoms with Crippen molar-refractivity contribution in [3.63, 3.8) is 0 Å². The van der Waals surface area contributed by atoms with E-state index in [-0.39, 0.29) is 29.1 Å². The number of carbonyl (C=O) groups excluding carboxylic acids is 1. The van der Waals surface area contributed by atoms with E-state index in [1.54, 1.807) is 12.3 Å². The average molecular weight is 570 g/mol. The summed E-state index contributed by atoms with van der Waals surface area (Å²) < 4.78 is 50.1. The summed E-state index contributed by atoms with van der Waals surface area (Å²) in [6.07, 6.45) is 7.81. The van der Waals surface area contributed by atoms with Gasteiger partial charge in [-0.15, -0.1) is 0 Å². The number of likely N-dealkylation sites (N-methyl/N-ethyl adjacent to an activating group) is 1. The molecule has 2 aromatic carbocycles. The summed E-state index contributed by atoms with van der Waals surface area (Å²) in [6.45, 7) is 1.91. The summed E-state index contributed by atoms with van der Waals surface area (Å²) in [5.74, 6) is 0.225. The number of furan rings is 1. The lowest BCUT2D eigenvalue weighted by Gasteiger charge is -2.22. The van der Waals surface area contributed by atoms with Crippen molar-refractivity contribution in [2.24, 2.45) is 0 Å². The van der Waals surface area contributed by atoms with Crippen LogP contribution in [0.4, 0.5) is 8.78 Å². The van der Waals surface area contributed by atoms with Gasteiger partial charge in [0.25, 0.3) is 5.91 Å². The zero-order valence-corrected chi connectivity index (χ0v) is 23.4. The van der Waals surface area contributed by atoms with Gasteiger partial charge < -0.3 is 28.8 Å². The van der Waals surface area contributed by atoms with Gasteiger partial charge in [-0.1, -0.05) is 0 Å². The molecule has 0 unspecified atom stereocenters. The number of likely N-dealkylation sites (tertiary alicyclic amines) is 2. The third kappa shape index (κ3) is 6.59. The van der Waals surface area contributed by atoms with Crippen LogP contribution in [0.3, 0.4) is 0 Å². The first-order chi connectivity index (χ1) is 19.9. The van der Waals surface area contributed by atoms with Crippen molar-refractivity contribution >= 4 is 16.9 Å². The normalized spacial score (nSPS) is 19.8. The third-order valence-electron chi connectivity index (χ3n) is 8.26. The van der Waals surface area contributed by atoms with Crippen LogP contribution in [0.1, 0.15) is 48.9 Å². The van der Waals surface area contributed by atoms with Gasteiger partial charge in [-0.05, 0) is 95.0 Å². The summed E-state index contributed by atoms with van der Waals surface area (Å²) in [7, 11) is 2.03. The largest absolute Gasteiger partial charge is 0.492 e. The van der Waals surface area contributed by atoms with E-state index in [1.165, 1.54) is 18.9 Å². The molecule has 220 valence electrons. The molecule has 1 N–H and O–H groups in total. The molecule has 2 saturated heterocycles. The van der Waals surface area contributed by atoms with Gasteiger partial charge >= 0.3 is 6.61 Å². The van der Waals surface area contributed by atoms with Gasteiger partial charge in [-0.25, -0.2) is 0 Å². The van der Waals surface area contributed by atoms with E-state index in [0.29, 0.717) is 35.7 Å². The Morgan fingerprint density at radius 2 is 1.85 bits per heavy atom. The summed E-state index contributed by atoms with van der Waals surface area (Å²) in [6, 6.07) is 9.02. The first kappa shape index (κ1) is 27.8. The number of amides is 1. The standard InChI is InChI=1S/C31H37F2N3O5/c1-35-10-4-5-22(35)18-39-27-15-20(16-28(41-31(32)33)29(27)30(37)34-21-6-7-21)25-19-40-26-17-23(8-9-24(25)26)38-14-13-36-11-2-3-12-36/h8-9,15-17,19,21-22,31H,2-7,10-14,18H2,1H3,(H,34,37)/t22-/m1/s1. The SMILES string of the molecule is CN1CCC[C@@H]1COc1cc(-c2coc3cc(OCCN4CCCC4)ccc23)cc(OC(F)F)c1C(=O)NC1CC1. The fraction of sp³-hybridized carbons (Fsp3) is 0.516. The second-order valence-corrected chi connectivity index (χ2v) is 11.3. The lowest BCUT2D eigenvalue weighted by Crippen LogP contribution is -2.31. The predicted molar refractivity (Wildman–Crippen MR) is 151 cm³/mol. The molecule has 0 spiro atoms. The van der Waals surface area contributed by atoms with Gasteiger partial charge in [0.15, 0.2) is 0 Å². The molecule has 3 aromatic rings. The maximum absolute atomic E-state index is 13.6. The molecule has 1 amide bonds. The maximum Gasteiger partial charge on any atom is 0.387 e. The molecule has 8 nitrogen and oxygen atoms in total. The predicted octanol–water partition coefficient (Wildman–Crippen LogP) is 5.54. The van der Waals surface area contributed by atoms with Crippen molar-refractivity contribution in [1.29, 1.82) is 0 Å². The molecular formula is C31H37F2N3O5. The summed E-state index contributed by atoms with van der Waals surface area (Å²) in [5.41, 5.74) is 1.84. The Morgan fingerprint density at radius 3 is 2.59 bits per heavy atom. The number of hydrogen-bond acceptors (Lipinski definition) is 7. The van der Waals surface area contributed by atoms with Crippen LogP contribution in [0.25, 0.3) is 22.1 Å². The van der Waals surface area contributed by atoms with Crippen LogP contribution >= 0.6 is 0 Å². The van der Waals surface area contributed by atoms with E-state index < -0.39 is 12.5 Å². The monoisotopic (exact) mass is 569 g/mol. The van der Waals surface area contributed by atoms with E-state index in [1.807, 2.05) is 25.2 Å². The number of ether oxygens (including phenoxy) is 3. The van der Waals surface area contributed by atoms with Crippen LogP contribution in [-0.2, 0) is 0 Å². The zero-order chi connectivity index (χ0) is 28.3. The minimum atomic E-state index is -3.10. The Bertz CT molecular complexity index is 1370. The third-order valence-corrected chi connectivity index (χ3v) is 8.26. The number of nitrogens with zero attached hydrogens (tertiary/aromatic N) is 2. The quantitative estimate of drug-likeness (QED) is 0.307. The summed E-state index contributed by atoms with van der Waals surface area (Å²) >= 11 is 0. The number of alkyl halides is 2. The Morgan fingerprint density at radius 1 is 1.05 bits per heavy atom. The maximum atomic E-state index is 13.6. The van der Waals surface area contributed by atoms with Crippen LogP contribution in [0.15, 0.2) is 41.0 Å². The van der Waals surface area contributed by atoms with E-state index in [0.717, 1.165) is 57.2 Å². The Kier molecular flexibility index (Phi) is 8.30. The number of benzene rings is 2. The van der Waals surface area contributed by atoms with E-state index in [4.69, 9.17) is 18.6 Å². The van der Waals surface area contributed by atoms with Gasteiger partial charge in [-0.2, -0.15) is 8.78 Å². The van der Waals surface area contributed by atoms with Crippen molar-refractivity contribution in [1.82, 2.24) is 15.1 Å². The summed E-state index contributed by atoms with van der Waals surface area (Å²) in [4.78, 5) is 17.8. The molecular weight excluding hydrogens is 532 g/mol. The van der Waals surface area contributed by atoms with Crippen LogP contribution in [0.5, 0.6) is 17.2 Å². The van der Waals surface area contributed by atoms with Crippen molar-refractivity contribution in [3.8, 4) is 28.4 Å².